The van der Waals surface area contributed by atoms with Gasteiger partial charge in [0.15, 0.2) is 0 Å². The van der Waals surface area contributed by atoms with Crippen molar-refractivity contribution in [3.63, 3.8) is 0 Å². The first-order chi connectivity index (χ1) is 7.68. The number of hydrogen-bond acceptors (Lipinski definition) is 2. The van der Waals surface area contributed by atoms with E-state index in [9.17, 15) is 0 Å². The van der Waals surface area contributed by atoms with E-state index in [-0.39, 0.29) is 0 Å². The van der Waals surface area contributed by atoms with Gasteiger partial charge in [-0.05, 0) is 25.5 Å². The molecule has 1 fully saturated rings. The maximum atomic E-state index is 3.64. The van der Waals surface area contributed by atoms with Crippen LogP contribution in [0, 0.1) is 0 Å². The van der Waals surface area contributed by atoms with E-state index < -0.39 is 0 Å². The van der Waals surface area contributed by atoms with E-state index in [1.165, 1.54) is 10.0 Å². The molecular weight excluding hydrogens is 264 g/mol. The smallest absolute Gasteiger partial charge is 0.0332 e. The summed E-state index contributed by atoms with van der Waals surface area (Å²) in [6.45, 7) is 7.89. The van der Waals surface area contributed by atoms with Crippen molar-refractivity contribution in [1.29, 1.82) is 0 Å². The molecule has 1 saturated heterocycles. The molecule has 0 aliphatic carbocycles. The van der Waals surface area contributed by atoms with Crippen molar-refractivity contribution < 1.29 is 0 Å². The molecule has 1 N–H and O–H groups in total. The molecule has 2 rings (SSSR count). The number of rotatable bonds is 2. The Morgan fingerprint density at radius 1 is 1.44 bits per heavy atom. The summed E-state index contributed by atoms with van der Waals surface area (Å²) in [5.74, 6) is 0. The summed E-state index contributed by atoms with van der Waals surface area (Å²) >= 11 is 3.64. The molecule has 1 aromatic rings. The van der Waals surface area contributed by atoms with Crippen molar-refractivity contribution in [2.45, 2.75) is 25.9 Å². The van der Waals surface area contributed by atoms with E-state index in [0.717, 1.165) is 19.6 Å². The highest BCUT2D eigenvalue weighted by molar-refractivity contribution is 9.10. The second-order valence-electron chi connectivity index (χ2n) is 4.55. The molecule has 16 heavy (non-hydrogen) atoms. The van der Waals surface area contributed by atoms with Crippen molar-refractivity contribution in [1.82, 2.24) is 10.2 Å². The largest absolute Gasteiger partial charge is 0.312 e. The second kappa shape index (κ2) is 5.30. The van der Waals surface area contributed by atoms with Crippen LogP contribution in [-0.2, 0) is 0 Å². The molecule has 1 aliphatic heterocycles. The minimum absolute atomic E-state index is 0.486. The van der Waals surface area contributed by atoms with Gasteiger partial charge in [0.1, 0.15) is 0 Å². The summed E-state index contributed by atoms with van der Waals surface area (Å²) in [6.07, 6.45) is 0. The predicted octanol–water partition coefficient (Wildman–Crippen LogP) is 2.80. The minimum Gasteiger partial charge on any atom is -0.312 e. The number of piperazine rings is 1. The zero-order valence-electron chi connectivity index (χ0n) is 9.91. The van der Waals surface area contributed by atoms with Gasteiger partial charge in [-0.15, -0.1) is 0 Å². The molecule has 0 radical (unpaired) electrons. The Hall–Kier alpha value is -0.380. The lowest BCUT2D eigenvalue weighted by Gasteiger charge is -2.36. The van der Waals surface area contributed by atoms with Gasteiger partial charge in [-0.2, -0.15) is 0 Å². The van der Waals surface area contributed by atoms with Gasteiger partial charge in [0.2, 0.25) is 0 Å². The van der Waals surface area contributed by atoms with Crippen LogP contribution in [0.3, 0.4) is 0 Å². The third kappa shape index (κ3) is 2.65. The molecule has 1 heterocycles. The Morgan fingerprint density at radius 2 is 2.19 bits per heavy atom. The van der Waals surface area contributed by atoms with Crippen LogP contribution in [0.5, 0.6) is 0 Å². The van der Waals surface area contributed by atoms with Crippen LogP contribution in [0.4, 0.5) is 0 Å². The zero-order valence-corrected chi connectivity index (χ0v) is 11.5. The second-order valence-corrected chi connectivity index (χ2v) is 5.40. The van der Waals surface area contributed by atoms with Gasteiger partial charge in [-0.1, -0.05) is 34.1 Å². The molecule has 2 atom stereocenters. The highest BCUT2D eigenvalue weighted by atomic mass is 79.9. The number of hydrogen-bond donors (Lipinski definition) is 1. The van der Waals surface area contributed by atoms with Crippen molar-refractivity contribution in [2.24, 2.45) is 0 Å². The summed E-state index contributed by atoms with van der Waals surface area (Å²) in [5.41, 5.74) is 1.39. The SMILES string of the molecule is CC(c1ccccc1Br)N1CCN[C@H](C)C1. The fraction of sp³-hybridized carbons (Fsp3) is 0.538. The molecule has 3 heteroatoms. The predicted molar refractivity (Wildman–Crippen MR) is 71.6 cm³/mol. The fourth-order valence-electron chi connectivity index (χ4n) is 2.32. The molecule has 1 unspecified atom stereocenters. The number of benzene rings is 1. The van der Waals surface area contributed by atoms with E-state index >= 15 is 0 Å². The van der Waals surface area contributed by atoms with Gasteiger partial charge in [-0.25, -0.2) is 0 Å². The van der Waals surface area contributed by atoms with Crippen LogP contribution >= 0.6 is 15.9 Å². The maximum absolute atomic E-state index is 3.64. The van der Waals surface area contributed by atoms with Crippen molar-refractivity contribution in [2.75, 3.05) is 19.6 Å². The van der Waals surface area contributed by atoms with Gasteiger partial charge in [-0.3, -0.25) is 4.90 Å². The summed E-state index contributed by atoms with van der Waals surface area (Å²) < 4.78 is 1.22. The minimum atomic E-state index is 0.486. The number of nitrogens with zero attached hydrogens (tertiary/aromatic N) is 1. The lowest BCUT2D eigenvalue weighted by Crippen LogP contribution is -2.49. The highest BCUT2D eigenvalue weighted by Gasteiger charge is 2.22. The summed E-state index contributed by atoms with van der Waals surface area (Å²) in [4.78, 5) is 2.54. The molecule has 88 valence electrons. The van der Waals surface area contributed by atoms with Crippen LogP contribution in [0.15, 0.2) is 28.7 Å². The van der Waals surface area contributed by atoms with Gasteiger partial charge in [0.05, 0.1) is 0 Å². The molecule has 0 amide bonds. The quantitative estimate of drug-likeness (QED) is 0.898. The van der Waals surface area contributed by atoms with E-state index in [0.29, 0.717) is 12.1 Å². The van der Waals surface area contributed by atoms with Crippen molar-refractivity contribution >= 4 is 15.9 Å². The van der Waals surface area contributed by atoms with Crippen molar-refractivity contribution in [3.05, 3.63) is 34.3 Å². The fourth-order valence-corrected chi connectivity index (χ4v) is 2.94. The zero-order chi connectivity index (χ0) is 11.5. The maximum Gasteiger partial charge on any atom is 0.0332 e. The van der Waals surface area contributed by atoms with Crippen LogP contribution in [0.2, 0.25) is 0 Å². The van der Waals surface area contributed by atoms with Gasteiger partial charge < -0.3 is 5.32 Å². The Bertz CT molecular complexity index is 354. The average molecular weight is 283 g/mol. The lowest BCUT2D eigenvalue weighted by molar-refractivity contribution is 0.158. The molecule has 2 nitrogen and oxygen atoms in total. The third-order valence-electron chi connectivity index (χ3n) is 3.30. The first kappa shape index (κ1) is 12.1. The summed E-state index contributed by atoms with van der Waals surface area (Å²) in [6, 6.07) is 9.60. The Morgan fingerprint density at radius 3 is 2.88 bits per heavy atom. The molecular formula is C13H19BrN2. The molecule has 0 bridgehead atoms. The summed E-state index contributed by atoms with van der Waals surface area (Å²) in [5, 5.41) is 3.48. The molecule has 0 spiro atoms. The van der Waals surface area contributed by atoms with Gasteiger partial charge in [0, 0.05) is 36.2 Å². The molecule has 1 aliphatic rings. The summed E-state index contributed by atoms with van der Waals surface area (Å²) in [7, 11) is 0. The first-order valence-corrected chi connectivity index (χ1v) is 6.69. The standard InChI is InChI=1S/C13H19BrN2/c1-10-9-16(8-7-15-10)11(2)12-5-3-4-6-13(12)14/h3-6,10-11,15H,7-9H2,1-2H3/t10-,11?/m1/s1. The lowest BCUT2D eigenvalue weighted by atomic mass is 10.1. The number of nitrogens with one attached hydrogen (secondary N) is 1. The van der Waals surface area contributed by atoms with Gasteiger partial charge in [0.25, 0.3) is 0 Å². The third-order valence-corrected chi connectivity index (χ3v) is 4.03. The normalized spacial score (nSPS) is 24.3. The van der Waals surface area contributed by atoms with E-state index in [1.807, 2.05) is 0 Å². The molecule has 0 aromatic heterocycles. The van der Waals surface area contributed by atoms with Crippen LogP contribution in [-0.4, -0.2) is 30.6 Å². The monoisotopic (exact) mass is 282 g/mol. The van der Waals surface area contributed by atoms with E-state index in [2.05, 4.69) is 64.3 Å². The molecule has 1 aromatic carbocycles. The van der Waals surface area contributed by atoms with Crippen LogP contribution < -0.4 is 5.32 Å². The number of halogens is 1. The van der Waals surface area contributed by atoms with E-state index in [4.69, 9.17) is 0 Å². The first-order valence-electron chi connectivity index (χ1n) is 5.90. The Labute approximate surface area is 106 Å². The van der Waals surface area contributed by atoms with Crippen LogP contribution in [0.1, 0.15) is 25.5 Å². The Balaban J connectivity index is 2.12. The highest BCUT2D eigenvalue weighted by Crippen LogP contribution is 2.27. The topological polar surface area (TPSA) is 15.3 Å². The van der Waals surface area contributed by atoms with Crippen LogP contribution in [0.25, 0.3) is 0 Å². The average Bonchev–Trinajstić information content (AvgIpc) is 2.29. The van der Waals surface area contributed by atoms with Crippen molar-refractivity contribution in [3.8, 4) is 0 Å². The van der Waals surface area contributed by atoms with Gasteiger partial charge >= 0.3 is 0 Å². The Kier molecular flexibility index (Phi) is 4.00. The molecule has 0 saturated carbocycles. The van der Waals surface area contributed by atoms with E-state index in [1.54, 1.807) is 0 Å².